The number of para-hydroxylation sites is 2. The van der Waals surface area contributed by atoms with Gasteiger partial charge in [0.2, 0.25) is 5.89 Å². The molecule has 1 atom stereocenters. The Morgan fingerprint density at radius 1 is 1.00 bits per heavy atom. The van der Waals surface area contributed by atoms with Gasteiger partial charge in [-0.25, -0.2) is 4.98 Å². The lowest BCUT2D eigenvalue weighted by Gasteiger charge is -2.05. The van der Waals surface area contributed by atoms with Crippen molar-refractivity contribution in [2.75, 3.05) is 0 Å². The predicted octanol–water partition coefficient (Wildman–Crippen LogP) is 3.10. The third-order valence-electron chi connectivity index (χ3n) is 2.87. The van der Waals surface area contributed by atoms with Gasteiger partial charge in [0, 0.05) is 6.42 Å². The Morgan fingerprint density at radius 3 is 2.50 bits per heavy atom. The third kappa shape index (κ3) is 2.13. The number of nitrogens with zero attached hydrogens (tertiary/aromatic N) is 1. The second-order valence-electron chi connectivity index (χ2n) is 4.23. The smallest absolute Gasteiger partial charge is 0.224 e. The maximum Gasteiger partial charge on any atom is 0.224 e. The van der Waals surface area contributed by atoms with Gasteiger partial charge in [0.1, 0.15) is 11.6 Å². The van der Waals surface area contributed by atoms with Gasteiger partial charge in [0.25, 0.3) is 0 Å². The highest BCUT2D eigenvalue weighted by molar-refractivity contribution is 5.72. The minimum Gasteiger partial charge on any atom is -0.438 e. The SMILES string of the molecule is OC(Cc1ccccc1)c1nc2ccccc2o1. The van der Waals surface area contributed by atoms with E-state index in [2.05, 4.69) is 4.98 Å². The fourth-order valence-electron chi connectivity index (χ4n) is 1.96. The average Bonchev–Trinajstić information content (AvgIpc) is 2.84. The summed E-state index contributed by atoms with van der Waals surface area (Å²) in [6, 6.07) is 17.3. The number of rotatable bonds is 3. The fraction of sp³-hybridized carbons (Fsp3) is 0.133. The van der Waals surface area contributed by atoms with E-state index in [9.17, 15) is 5.11 Å². The first-order valence-corrected chi connectivity index (χ1v) is 5.90. The summed E-state index contributed by atoms with van der Waals surface area (Å²) in [5.41, 5.74) is 2.55. The molecular weight excluding hydrogens is 226 g/mol. The van der Waals surface area contributed by atoms with Crippen molar-refractivity contribution in [3.8, 4) is 0 Å². The van der Waals surface area contributed by atoms with Crippen LogP contribution in [0.5, 0.6) is 0 Å². The van der Waals surface area contributed by atoms with E-state index >= 15 is 0 Å². The summed E-state index contributed by atoms with van der Waals surface area (Å²) in [6.45, 7) is 0. The Labute approximate surface area is 105 Å². The molecule has 1 N–H and O–H groups in total. The van der Waals surface area contributed by atoms with Crippen LogP contribution in [0.4, 0.5) is 0 Å². The van der Waals surface area contributed by atoms with Crippen LogP contribution in [0.15, 0.2) is 59.0 Å². The molecule has 2 aromatic carbocycles. The number of fused-ring (bicyclic) bond motifs is 1. The Hall–Kier alpha value is -2.13. The number of aromatic nitrogens is 1. The topological polar surface area (TPSA) is 46.3 Å². The van der Waals surface area contributed by atoms with Crippen molar-refractivity contribution in [1.29, 1.82) is 0 Å². The Kier molecular flexibility index (Phi) is 2.82. The average molecular weight is 239 g/mol. The normalized spacial score (nSPS) is 12.7. The van der Waals surface area contributed by atoms with Crippen LogP contribution in [0.3, 0.4) is 0 Å². The Morgan fingerprint density at radius 2 is 1.72 bits per heavy atom. The Bertz CT molecular complexity index is 613. The quantitative estimate of drug-likeness (QED) is 0.763. The van der Waals surface area contributed by atoms with Gasteiger partial charge in [-0.05, 0) is 17.7 Å². The first-order valence-electron chi connectivity index (χ1n) is 5.90. The van der Waals surface area contributed by atoms with Crippen molar-refractivity contribution in [1.82, 2.24) is 4.98 Å². The number of aliphatic hydroxyl groups is 1. The molecule has 0 fully saturated rings. The number of benzene rings is 2. The van der Waals surface area contributed by atoms with Crippen LogP contribution in [-0.2, 0) is 6.42 Å². The van der Waals surface area contributed by atoms with Crippen LogP contribution in [0, 0.1) is 0 Å². The molecule has 3 aromatic rings. The van der Waals surface area contributed by atoms with Crippen molar-refractivity contribution < 1.29 is 9.52 Å². The monoisotopic (exact) mass is 239 g/mol. The van der Waals surface area contributed by atoms with E-state index in [0.717, 1.165) is 11.1 Å². The molecule has 0 aliphatic carbocycles. The molecule has 0 spiro atoms. The van der Waals surface area contributed by atoms with E-state index in [1.807, 2.05) is 54.6 Å². The third-order valence-corrected chi connectivity index (χ3v) is 2.87. The summed E-state index contributed by atoms with van der Waals surface area (Å²) in [5, 5.41) is 10.1. The summed E-state index contributed by atoms with van der Waals surface area (Å²) in [4.78, 5) is 4.29. The molecule has 3 heteroatoms. The molecule has 90 valence electrons. The first kappa shape index (κ1) is 11.0. The summed E-state index contributed by atoms with van der Waals surface area (Å²) >= 11 is 0. The van der Waals surface area contributed by atoms with Gasteiger partial charge in [-0.2, -0.15) is 0 Å². The van der Waals surface area contributed by atoms with Gasteiger partial charge in [0.05, 0.1) is 0 Å². The van der Waals surface area contributed by atoms with Crippen LogP contribution in [0.2, 0.25) is 0 Å². The molecule has 3 rings (SSSR count). The zero-order chi connectivity index (χ0) is 12.4. The number of hydrogen-bond acceptors (Lipinski definition) is 3. The Balaban J connectivity index is 1.86. The molecule has 0 aliphatic rings. The van der Waals surface area contributed by atoms with Gasteiger partial charge < -0.3 is 9.52 Å². The lowest BCUT2D eigenvalue weighted by atomic mass is 10.1. The molecule has 1 aromatic heterocycles. The molecule has 1 unspecified atom stereocenters. The highest BCUT2D eigenvalue weighted by Crippen LogP contribution is 2.22. The van der Waals surface area contributed by atoms with E-state index in [4.69, 9.17) is 4.42 Å². The summed E-state index contributed by atoms with van der Waals surface area (Å²) < 4.78 is 5.54. The molecule has 0 radical (unpaired) electrons. The van der Waals surface area contributed by atoms with Crippen molar-refractivity contribution >= 4 is 11.1 Å². The van der Waals surface area contributed by atoms with Gasteiger partial charge in [-0.15, -0.1) is 0 Å². The van der Waals surface area contributed by atoms with Gasteiger partial charge in [-0.3, -0.25) is 0 Å². The van der Waals surface area contributed by atoms with Crippen LogP contribution in [0.25, 0.3) is 11.1 Å². The predicted molar refractivity (Wildman–Crippen MR) is 69.1 cm³/mol. The van der Waals surface area contributed by atoms with Crippen LogP contribution >= 0.6 is 0 Å². The number of aliphatic hydroxyl groups excluding tert-OH is 1. The van der Waals surface area contributed by atoms with Gasteiger partial charge in [-0.1, -0.05) is 42.5 Å². The maximum absolute atomic E-state index is 10.1. The second kappa shape index (κ2) is 4.63. The standard InChI is InChI=1S/C15H13NO2/c17-13(10-11-6-2-1-3-7-11)15-16-12-8-4-5-9-14(12)18-15/h1-9,13,17H,10H2. The molecule has 0 bridgehead atoms. The zero-order valence-corrected chi connectivity index (χ0v) is 9.78. The molecule has 1 heterocycles. The van der Waals surface area contributed by atoms with Crippen LogP contribution < -0.4 is 0 Å². The first-order chi connectivity index (χ1) is 8.83. The number of oxazole rings is 1. The summed E-state index contributed by atoms with van der Waals surface area (Å²) in [6.07, 6.45) is -0.201. The van der Waals surface area contributed by atoms with Crippen molar-refractivity contribution in [2.45, 2.75) is 12.5 Å². The van der Waals surface area contributed by atoms with Crippen molar-refractivity contribution in [2.24, 2.45) is 0 Å². The van der Waals surface area contributed by atoms with Crippen LogP contribution in [0.1, 0.15) is 17.6 Å². The highest BCUT2D eigenvalue weighted by atomic mass is 16.4. The summed E-state index contributed by atoms with van der Waals surface area (Å²) in [5.74, 6) is 0.375. The molecule has 0 amide bonds. The lowest BCUT2D eigenvalue weighted by Crippen LogP contribution is -2.01. The van der Waals surface area contributed by atoms with E-state index < -0.39 is 6.10 Å². The van der Waals surface area contributed by atoms with E-state index in [1.54, 1.807) is 0 Å². The molecule has 0 saturated heterocycles. The minimum absolute atomic E-state index is 0.375. The highest BCUT2D eigenvalue weighted by Gasteiger charge is 2.15. The van der Waals surface area contributed by atoms with E-state index in [-0.39, 0.29) is 0 Å². The zero-order valence-electron chi connectivity index (χ0n) is 9.78. The molecule has 3 nitrogen and oxygen atoms in total. The van der Waals surface area contributed by atoms with E-state index in [1.165, 1.54) is 0 Å². The van der Waals surface area contributed by atoms with Crippen molar-refractivity contribution in [3.05, 3.63) is 66.1 Å². The molecule has 0 saturated carbocycles. The van der Waals surface area contributed by atoms with Crippen LogP contribution in [-0.4, -0.2) is 10.1 Å². The molecule has 18 heavy (non-hydrogen) atoms. The maximum atomic E-state index is 10.1. The fourth-order valence-corrected chi connectivity index (χ4v) is 1.96. The van der Waals surface area contributed by atoms with E-state index in [0.29, 0.717) is 17.9 Å². The lowest BCUT2D eigenvalue weighted by molar-refractivity contribution is 0.146. The van der Waals surface area contributed by atoms with Crippen molar-refractivity contribution in [3.63, 3.8) is 0 Å². The molecule has 0 aliphatic heterocycles. The second-order valence-corrected chi connectivity index (χ2v) is 4.23. The largest absolute Gasteiger partial charge is 0.438 e. The summed E-state index contributed by atoms with van der Waals surface area (Å²) in [7, 11) is 0. The number of hydrogen-bond donors (Lipinski definition) is 1. The minimum atomic E-state index is -0.709. The van der Waals surface area contributed by atoms with Gasteiger partial charge in [0.15, 0.2) is 5.58 Å². The molecular formula is C15H13NO2. The van der Waals surface area contributed by atoms with Gasteiger partial charge >= 0.3 is 0 Å².